The maximum absolute atomic E-state index is 12.0. The summed E-state index contributed by atoms with van der Waals surface area (Å²) in [5.41, 5.74) is 0.811. The van der Waals surface area contributed by atoms with E-state index >= 15 is 0 Å². The Morgan fingerprint density at radius 3 is 2.85 bits per heavy atom. The maximum Gasteiger partial charge on any atom is 0.241 e. The summed E-state index contributed by atoms with van der Waals surface area (Å²) in [6, 6.07) is 7.63. The smallest absolute Gasteiger partial charge is 0.241 e. The van der Waals surface area contributed by atoms with E-state index in [9.17, 15) is 4.79 Å². The fourth-order valence-electron chi connectivity index (χ4n) is 2.10. The number of aromatic nitrogens is 3. The number of nitrogens with one attached hydrogen (secondary N) is 3. The standard InChI is InChI=1S/C13H15N5OS/c19-12(11-2-1-7-14-11)17-9-3-5-10(6-4-9)20-13-15-8-16-18-13/h3-6,8,11,14H,1-2,7H2,(H,17,19)(H,15,16,18)/t11-/m0/s1. The highest BCUT2D eigenvalue weighted by Crippen LogP contribution is 2.25. The molecular formula is C13H15N5OS. The first-order valence-corrected chi connectivity index (χ1v) is 7.30. The second kappa shape index (κ2) is 6.06. The van der Waals surface area contributed by atoms with Gasteiger partial charge in [0.1, 0.15) is 6.33 Å². The summed E-state index contributed by atoms with van der Waals surface area (Å²) in [4.78, 5) is 17.0. The summed E-state index contributed by atoms with van der Waals surface area (Å²) in [6.45, 7) is 0.921. The second-order valence-corrected chi connectivity index (χ2v) is 5.62. The number of hydrogen-bond acceptors (Lipinski definition) is 5. The summed E-state index contributed by atoms with van der Waals surface area (Å²) < 4.78 is 0. The third-order valence-electron chi connectivity index (χ3n) is 3.11. The number of carbonyl (C=O) groups is 1. The van der Waals surface area contributed by atoms with Gasteiger partial charge in [0.2, 0.25) is 5.91 Å². The van der Waals surface area contributed by atoms with E-state index in [1.165, 1.54) is 18.1 Å². The highest BCUT2D eigenvalue weighted by atomic mass is 32.2. The van der Waals surface area contributed by atoms with Crippen LogP contribution >= 0.6 is 11.8 Å². The van der Waals surface area contributed by atoms with Gasteiger partial charge in [0.15, 0.2) is 5.16 Å². The van der Waals surface area contributed by atoms with Gasteiger partial charge in [0.05, 0.1) is 6.04 Å². The van der Waals surface area contributed by atoms with Crippen LogP contribution < -0.4 is 10.6 Å². The number of nitrogens with zero attached hydrogens (tertiary/aromatic N) is 2. The molecule has 2 aromatic rings. The minimum absolute atomic E-state index is 0.0399. The number of amides is 1. The van der Waals surface area contributed by atoms with Crippen molar-refractivity contribution in [1.82, 2.24) is 20.5 Å². The molecule has 0 bridgehead atoms. The van der Waals surface area contributed by atoms with Gasteiger partial charge in [-0.05, 0) is 43.7 Å². The molecule has 1 aromatic heterocycles. The molecule has 3 rings (SSSR count). The summed E-state index contributed by atoms with van der Waals surface area (Å²) in [5, 5.41) is 13.4. The molecule has 0 radical (unpaired) electrons. The van der Waals surface area contributed by atoms with E-state index in [0.717, 1.165) is 35.1 Å². The molecule has 1 fully saturated rings. The monoisotopic (exact) mass is 289 g/mol. The minimum atomic E-state index is -0.0572. The van der Waals surface area contributed by atoms with Crippen LogP contribution in [0.15, 0.2) is 40.6 Å². The first-order chi connectivity index (χ1) is 9.81. The van der Waals surface area contributed by atoms with Crippen molar-refractivity contribution in [3.63, 3.8) is 0 Å². The van der Waals surface area contributed by atoms with Gasteiger partial charge in [-0.1, -0.05) is 11.8 Å². The van der Waals surface area contributed by atoms with Crippen molar-refractivity contribution in [3.05, 3.63) is 30.6 Å². The van der Waals surface area contributed by atoms with Crippen LogP contribution in [-0.4, -0.2) is 33.7 Å². The first-order valence-electron chi connectivity index (χ1n) is 6.49. The molecule has 20 heavy (non-hydrogen) atoms. The zero-order valence-electron chi connectivity index (χ0n) is 10.8. The van der Waals surface area contributed by atoms with Crippen molar-refractivity contribution < 1.29 is 4.79 Å². The Hall–Kier alpha value is -1.86. The second-order valence-electron chi connectivity index (χ2n) is 4.56. The van der Waals surface area contributed by atoms with Crippen LogP contribution in [0.4, 0.5) is 5.69 Å². The van der Waals surface area contributed by atoms with Crippen LogP contribution in [0, 0.1) is 0 Å². The van der Waals surface area contributed by atoms with E-state index in [1.54, 1.807) is 0 Å². The number of benzene rings is 1. The lowest BCUT2D eigenvalue weighted by atomic mass is 10.2. The summed E-state index contributed by atoms with van der Waals surface area (Å²) in [7, 11) is 0. The van der Waals surface area contributed by atoms with E-state index in [-0.39, 0.29) is 11.9 Å². The van der Waals surface area contributed by atoms with Crippen LogP contribution in [0.25, 0.3) is 0 Å². The Bertz CT molecular complexity index is 563. The number of hydrogen-bond donors (Lipinski definition) is 3. The largest absolute Gasteiger partial charge is 0.325 e. The molecule has 7 heteroatoms. The predicted molar refractivity (Wildman–Crippen MR) is 76.6 cm³/mol. The summed E-state index contributed by atoms with van der Waals surface area (Å²) >= 11 is 1.49. The molecule has 1 aromatic carbocycles. The van der Waals surface area contributed by atoms with Crippen LogP contribution in [-0.2, 0) is 4.79 Å². The molecule has 0 spiro atoms. The average Bonchev–Trinajstić information content (AvgIpc) is 3.13. The maximum atomic E-state index is 12.0. The van der Waals surface area contributed by atoms with E-state index in [1.807, 2.05) is 24.3 Å². The molecule has 3 N–H and O–H groups in total. The quantitative estimate of drug-likeness (QED) is 0.797. The Kier molecular flexibility index (Phi) is 3.98. The zero-order chi connectivity index (χ0) is 13.8. The number of anilines is 1. The normalized spacial score (nSPS) is 18.1. The lowest BCUT2D eigenvalue weighted by molar-refractivity contribution is -0.117. The van der Waals surface area contributed by atoms with Gasteiger partial charge < -0.3 is 10.6 Å². The Balaban J connectivity index is 1.59. The van der Waals surface area contributed by atoms with Gasteiger partial charge in [-0.3, -0.25) is 9.89 Å². The van der Waals surface area contributed by atoms with Crippen molar-refractivity contribution in [3.8, 4) is 0 Å². The van der Waals surface area contributed by atoms with Crippen molar-refractivity contribution in [2.24, 2.45) is 0 Å². The first kappa shape index (κ1) is 13.1. The number of carbonyl (C=O) groups excluding carboxylic acids is 1. The van der Waals surface area contributed by atoms with Gasteiger partial charge in [0, 0.05) is 10.6 Å². The lowest BCUT2D eigenvalue weighted by Gasteiger charge is -2.11. The van der Waals surface area contributed by atoms with E-state index in [2.05, 4.69) is 25.8 Å². The molecule has 1 saturated heterocycles. The molecule has 1 aliphatic rings. The number of rotatable bonds is 4. The highest BCUT2D eigenvalue weighted by Gasteiger charge is 2.21. The minimum Gasteiger partial charge on any atom is -0.325 e. The van der Waals surface area contributed by atoms with Gasteiger partial charge >= 0.3 is 0 Å². The predicted octanol–water partition coefficient (Wildman–Crippen LogP) is 1.65. The fourth-order valence-corrected chi connectivity index (χ4v) is 2.79. The van der Waals surface area contributed by atoms with Crippen LogP contribution in [0.1, 0.15) is 12.8 Å². The van der Waals surface area contributed by atoms with Gasteiger partial charge in [-0.2, -0.15) is 5.10 Å². The lowest BCUT2D eigenvalue weighted by Crippen LogP contribution is -2.35. The molecule has 104 valence electrons. The fraction of sp³-hybridized carbons (Fsp3) is 0.308. The SMILES string of the molecule is O=C(Nc1ccc(Sc2ncn[nH]2)cc1)[C@@H]1CCCN1. The molecule has 2 heterocycles. The molecule has 1 amide bonds. The van der Waals surface area contributed by atoms with Crippen LogP contribution in [0.2, 0.25) is 0 Å². The molecule has 1 atom stereocenters. The third kappa shape index (κ3) is 3.17. The van der Waals surface area contributed by atoms with Gasteiger partial charge in [0.25, 0.3) is 0 Å². The Morgan fingerprint density at radius 2 is 2.20 bits per heavy atom. The number of H-pyrrole nitrogens is 1. The van der Waals surface area contributed by atoms with E-state index < -0.39 is 0 Å². The van der Waals surface area contributed by atoms with Gasteiger partial charge in [-0.25, -0.2) is 4.98 Å². The van der Waals surface area contributed by atoms with E-state index in [4.69, 9.17) is 0 Å². The molecule has 0 unspecified atom stereocenters. The zero-order valence-corrected chi connectivity index (χ0v) is 11.6. The molecular weight excluding hydrogens is 274 g/mol. The van der Waals surface area contributed by atoms with E-state index in [0.29, 0.717) is 0 Å². The average molecular weight is 289 g/mol. The topological polar surface area (TPSA) is 82.7 Å². The Labute approximate surface area is 120 Å². The molecule has 0 saturated carbocycles. The number of aromatic amines is 1. The molecule has 6 nitrogen and oxygen atoms in total. The Morgan fingerprint density at radius 1 is 1.35 bits per heavy atom. The van der Waals surface area contributed by atoms with Crippen molar-refractivity contribution in [1.29, 1.82) is 0 Å². The van der Waals surface area contributed by atoms with Crippen LogP contribution in [0.5, 0.6) is 0 Å². The van der Waals surface area contributed by atoms with Crippen molar-refractivity contribution in [2.75, 3.05) is 11.9 Å². The van der Waals surface area contributed by atoms with Gasteiger partial charge in [-0.15, -0.1) is 0 Å². The van der Waals surface area contributed by atoms with Crippen LogP contribution in [0.3, 0.4) is 0 Å². The van der Waals surface area contributed by atoms with Crippen molar-refractivity contribution >= 4 is 23.4 Å². The third-order valence-corrected chi connectivity index (χ3v) is 4.00. The highest BCUT2D eigenvalue weighted by molar-refractivity contribution is 7.99. The molecule has 0 aliphatic carbocycles. The summed E-state index contributed by atoms with van der Waals surface area (Å²) in [5.74, 6) is 0.0399. The molecule has 1 aliphatic heterocycles. The summed E-state index contributed by atoms with van der Waals surface area (Å²) in [6.07, 6.45) is 3.45. The van der Waals surface area contributed by atoms with Crippen molar-refractivity contribution in [2.45, 2.75) is 28.9 Å².